The summed E-state index contributed by atoms with van der Waals surface area (Å²) in [5.41, 5.74) is 5.98. The molecule has 3 N–H and O–H groups in total. The third kappa shape index (κ3) is 2.95. The summed E-state index contributed by atoms with van der Waals surface area (Å²) in [5, 5.41) is 10.9. The number of para-hydroxylation sites is 1. The van der Waals surface area contributed by atoms with E-state index in [0.717, 1.165) is 0 Å². The van der Waals surface area contributed by atoms with Crippen molar-refractivity contribution < 1.29 is 13.3 Å². The second-order valence-corrected chi connectivity index (χ2v) is 6.00. The summed E-state index contributed by atoms with van der Waals surface area (Å²) in [6, 6.07) is 10.2. The van der Waals surface area contributed by atoms with Gasteiger partial charge in [0, 0.05) is 6.07 Å². The number of benzene rings is 2. The number of hydrogen-bond acceptors (Lipinski definition) is 5. The van der Waals surface area contributed by atoms with E-state index in [9.17, 15) is 18.5 Å². The van der Waals surface area contributed by atoms with Crippen molar-refractivity contribution in [2.45, 2.75) is 11.8 Å². The first-order valence-electron chi connectivity index (χ1n) is 5.94. The van der Waals surface area contributed by atoms with Crippen molar-refractivity contribution in [1.82, 2.24) is 0 Å². The Morgan fingerprint density at radius 2 is 1.81 bits per heavy atom. The molecule has 0 heterocycles. The Labute approximate surface area is 121 Å². The Morgan fingerprint density at radius 3 is 2.43 bits per heavy atom. The maximum atomic E-state index is 12.3. The highest BCUT2D eigenvalue weighted by Crippen LogP contribution is 2.28. The molecule has 0 bridgehead atoms. The number of nitro groups is 1. The van der Waals surface area contributed by atoms with E-state index in [1.54, 1.807) is 12.1 Å². The van der Waals surface area contributed by atoms with E-state index in [0.29, 0.717) is 0 Å². The molecule has 0 atom stereocenters. The lowest BCUT2D eigenvalue weighted by Gasteiger charge is -2.12. The van der Waals surface area contributed by atoms with Crippen LogP contribution in [-0.4, -0.2) is 13.3 Å². The molecule has 0 aliphatic rings. The molecule has 0 aliphatic heterocycles. The van der Waals surface area contributed by atoms with Crippen molar-refractivity contribution in [3.8, 4) is 0 Å². The molecule has 0 saturated heterocycles. The molecule has 7 nitrogen and oxygen atoms in total. The standard InChI is InChI=1S/C13H13N3O4S/c1-9-11(6-4-7-12(9)16(17)18)15-21(19,20)13-8-3-2-5-10(13)14/h2-8,15H,14H2,1H3. The van der Waals surface area contributed by atoms with Crippen LogP contribution in [0.4, 0.5) is 17.1 Å². The summed E-state index contributed by atoms with van der Waals surface area (Å²) >= 11 is 0. The molecule has 0 amide bonds. The van der Waals surface area contributed by atoms with Crippen molar-refractivity contribution in [1.29, 1.82) is 0 Å². The minimum Gasteiger partial charge on any atom is -0.398 e. The Balaban J connectivity index is 2.45. The monoisotopic (exact) mass is 307 g/mol. The fourth-order valence-corrected chi connectivity index (χ4v) is 3.11. The quantitative estimate of drug-likeness (QED) is 0.511. The van der Waals surface area contributed by atoms with Crippen LogP contribution in [0.1, 0.15) is 5.56 Å². The van der Waals surface area contributed by atoms with Crippen LogP contribution in [-0.2, 0) is 10.0 Å². The molecule has 2 aromatic carbocycles. The van der Waals surface area contributed by atoms with Crippen LogP contribution in [0.25, 0.3) is 0 Å². The van der Waals surface area contributed by atoms with Crippen molar-refractivity contribution in [3.05, 3.63) is 58.1 Å². The van der Waals surface area contributed by atoms with Gasteiger partial charge in [-0.2, -0.15) is 0 Å². The Bertz CT molecular complexity index is 803. The van der Waals surface area contributed by atoms with E-state index in [1.165, 1.54) is 37.3 Å². The summed E-state index contributed by atoms with van der Waals surface area (Å²) < 4.78 is 26.9. The Morgan fingerprint density at radius 1 is 1.14 bits per heavy atom. The summed E-state index contributed by atoms with van der Waals surface area (Å²) in [7, 11) is -3.91. The van der Waals surface area contributed by atoms with Crippen molar-refractivity contribution >= 4 is 27.1 Å². The zero-order chi connectivity index (χ0) is 15.6. The van der Waals surface area contributed by atoms with Crippen molar-refractivity contribution in [2.24, 2.45) is 0 Å². The first-order valence-corrected chi connectivity index (χ1v) is 7.42. The largest absolute Gasteiger partial charge is 0.398 e. The van der Waals surface area contributed by atoms with E-state index in [2.05, 4.69) is 4.72 Å². The summed E-state index contributed by atoms with van der Waals surface area (Å²) in [6.07, 6.45) is 0. The van der Waals surface area contributed by atoms with Gasteiger partial charge < -0.3 is 5.73 Å². The molecule has 8 heteroatoms. The number of hydrogen-bond donors (Lipinski definition) is 2. The van der Waals surface area contributed by atoms with E-state index < -0.39 is 14.9 Å². The first-order chi connectivity index (χ1) is 9.83. The molecular formula is C13H13N3O4S. The molecule has 110 valence electrons. The zero-order valence-electron chi connectivity index (χ0n) is 11.1. The smallest absolute Gasteiger partial charge is 0.274 e. The average molecular weight is 307 g/mol. The number of nitrogens with one attached hydrogen (secondary N) is 1. The minimum atomic E-state index is -3.91. The van der Waals surface area contributed by atoms with Crippen LogP contribution in [0, 0.1) is 17.0 Å². The molecule has 0 aliphatic carbocycles. The predicted octanol–water partition coefficient (Wildman–Crippen LogP) is 2.29. The second kappa shape index (κ2) is 5.41. The van der Waals surface area contributed by atoms with Gasteiger partial charge in [-0.15, -0.1) is 0 Å². The van der Waals surface area contributed by atoms with Gasteiger partial charge in [0.25, 0.3) is 15.7 Å². The first kappa shape index (κ1) is 14.8. The summed E-state index contributed by atoms with van der Waals surface area (Å²) in [4.78, 5) is 10.2. The number of nitrogen functional groups attached to an aromatic ring is 1. The highest BCUT2D eigenvalue weighted by Gasteiger charge is 2.20. The van der Waals surface area contributed by atoms with Crippen LogP contribution in [0.15, 0.2) is 47.4 Å². The molecule has 0 spiro atoms. The SMILES string of the molecule is Cc1c(NS(=O)(=O)c2ccccc2N)cccc1[N+](=O)[O-]. The normalized spacial score (nSPS) is 11.1. The molecule has 0 aromatic heterocycles. The van der Waals surface area contributed by atoms with Gasteiger partial charge in [0.2, 0.25) is 0 Å². The maximum absolute atomic E-state index is 12.3. The number of anilines is 2. The molecule has 21 heavy (non-hydrogen) atoms. The molecule has 0 unspecified atom stereocenters. The molecule has 2 aromatic rings. The van der Waals surface area contributed by atoms with E-state index >= 15 is 0 Å². The van der Waals surface area contributed by atoms with Gasteiger partial charge in [0.1, 0.15) is 4.90 Å². The number of sulfonamides is 1. The van der Waals surface area contributed by atoms with Crippen LogP contribution in [0.2, 0.25) is 0 Å². The van der Waals surface area contributed by atoms with Crippen molar-refractivity contribution in [2.75, 3.05) is 10.5 Å². The molecule has 2 rings (SSSR count). The van der Waals surface area contributed by atoms with Gasteiger partial charge in [-0.1, -0.05) is 18.2 Å². The van der Waals surface area contributed by atoms with Crippen LogP contribution in [0.5, 0.6) is 0 Å². The predicted molar refractivity (Wildman–Crippen MR) is 79.5 cm³/mol. The van der Waals surface area contributed by atoms with Gasteiger partial charge in [-0.3, -0.25) is 14.8 Å². The average Bonchev–Trinajstić information content (AvgIpc) is 2.41. The fraction of sp³-hybridized carbons (Fsp3) is 0.0769. The molecule has 0 fully saturated rings. The molecule has 0 saturated carbocycles. The van der Waals surface area contributed by atoms with Crippen LogP contribution in [0.3, 0.4) is 0 Å². The third-order valence-electron chi connectivity index (χ3n) is 2.95. The molecule has 0 radical (unpaired) electrons. The van der Waals surface area contributed by atoms with Crippen molar-refractivity contribution in [3.63, 3.8) is 0 Å². The van der Waals surface area contributed by atoms with Crippen LogP contribution >= 0.6 is 0 Å². The molecular weight excluding hydrogens is 294 g/mol. The minimum absolute atomic E-state index is 0.0732. The van der Waals surface area contributed by atoms with Gasteiger partial charge >= 0.3 is 0 Å². The Kier molecular flexibility index (Phi) is 3.81. The lowest BCUT2D eigenvalue weighted by atomic mass is 10.2. The lowest BCUT2D eigenvalue weighted by Crippen LogP contribution is -2.15. The Hall–Kier alpha value is -2.61. The van der Waals surface area contributed by atoms with Gasteiger partial charge in [-0.25, -0.2) is 8.42 Å². The second-order valence-electron chi connectivity index (χ2n) is 4.35. The summed E-state index contributed by atoms with van der Waals surface area (Å²) in [5.74, 6) is 0. The highest BCUT2D eigenvalue weighted by molar-refractivity contribution is 7.92. The van der Waals surface area contributed by atoms with Gasteiger partial charge in [0.15, 0.2) is 0 Å². The zero-order valence-corrected chi connectivity index (χ0v) is 11.9. The van der Waals surface area contributed by atoms with Gasteiger partial charge in [0.05, 0.1) is 21.9 Å². The maximum Gasteiger partial charge on any atom is 0.274 e. The third-order valence-corrected chi connectivity index (χ3v) is 4.39. The summed E-state index contributed by atoms with van der Waals surface area (Å²) in [6.45, 7) is 1.48. The lowest BCUT2D eigenvalue weighted by molar-refractivity contribution is -0.385. The topological polar surface area (TPSA) is 115 Å². The number of nitrogens with two attached hydrogens (primary N) is 1. The van der Waals surface area contributed by atoms with E-state index in [1.807, 2.05) is 0 Å². The van der Waals surface area contributed by atoms with E-state index in [4.69, 9.17) is 5.73 Å². The number of nitrogens with zero attached hydrogens (tertiary/aromatic N) is 1. The van der Waals surface area contributed by atoms with E-state index in [-0.39, 0.29) is 27.5 Å². The number of rotatable bonds is 4. The number of nitro benzene ring substituents is 1. The van der Waals surface area contributed by atoms with Crippen LogP contribution < -0.4 is 10.5 Å². The highest BCUT2D eigenvalue weighted by atomic mass is 32.2. The fourth-order valence-electron chi connectivity index (χ4n) is 1.86. The van der Waals surface area contributed by atoms with Gasteiger partial charge in [-0.05, 0) is 25.1 Å².